The van der Waals surface area contributed by atoms with Gasteiger partial charge >= 0.3 is 0 Å². The third-order valence-electron chi connectivity index (χ3n) is 1.60. The predicted molar refractivity (Wildman–Crippen MR) is 47.9 cm³/mol. The highest BCUT2D eigenvalue weighted by Gasteiger charge is 2.16. The van der Waals surface area contributed by atoms with E-state index in [2.05, 4.69) is 26.2 Å². The molecule has 0 aromatic heterocycles. The van der Waals surface area contributed by atoms with Crippen LogP contribution in [0.15, 0.2) is 10.5 Å². The zero-order chi connectivity index (χ0) is 10.7. The summed E-state index contributed by atoms with van der Waals surface area (Å²) in [6.07, 6.45) is 0. The molecular formula is C8H7BrF3NO. The maximum atomic E-state index is 13.2. The van der Waals surface area contributed by atoms with Crippen LogP contribution in [0.3, 0.4) is 0 Å². The van der Waals surface area contributed by atoms with Crippen molar-refractivity contribution < 1.29 is 18.0 Å². The van der Waals surface area contributed by atoms with Crippen LogP contribution in [-0.4, -0.2) is 7.11 Å². The molecule has 1 rings (SSSR count). The van der Waals surface area contributed by atoms with E-state index in [0.717, 1.165) is 6.07 Å². The molecule has 78 valence electrons. The topological polar surface area (TPSA) is 21.3 Å². The smallest absolute Gasteiger partial charge is 0.166 e. The third kappa shape index (κ3) is 2.26. The largest absolute Gasteiger partial charge is 0.305 e. The van der Waals surface area contributed by atoms with Crippen LogP contribution in [0.2, 0.25) is 0 Å². The molecule has 0 aliphatic carbocycles. The molecule has 0 heterocycles. The molecule has 0 saturated carbocycles. The van der Waals surface area contributed by atoms with E-state index < -0.39 is 23.0 Å². The molecule has 0 radical (unpaired) electrons. The molecule has 6 heteroatoms. The SMILES string of the molecule is CONCc1c(F)c(F)cc(Br)c1F. The lowest BCUT2D eigenvalue weighted by Crippen LogP contribution is -2.14. The van der Waals surface area contributed by atoms with Gasteiger partial charge in [0.25, 0.3) is 0 Å². The Morgan fingerprint density at radius 1 is 1.36 bits per heavy atom. The first kappa shape index (κ1) is 11.5. The molecule has 14 heavy (non-hydrogen) atoms. The predicted octanol–water partition coefficient (Wildman–Crippen LogP) is 2.52. The van der Waals surface area contributed by atoms with E-state index in [1.165, 1.54) is 7.11 Å². The van der Waals surface area contributed by atoms with Gasteiger partial charge in [-0.05, 0) is 22.0 Å². The first-order valence-corrected chi connectivity index (χ1v) is 4.45. The van der Waals surface area contributed by atoms with Crippen molar-refractivity contribution in [1.29, 1.82) is 0 Å². The minimum Gasteiger partial charge on any atom is -0.305 e. The quantitative estimate of drug-likeness (QED) is 0.673. The average Bonchev–Trinajstić information content (AvgIpc) is 2.15. The Bertz CT molecular complexity index is 320. The zero-order valence-corrected chi connectivity index (χ0v) is 8.79. The lowest BCUT2D eigenvalue weighted by Gasteiger charge is -2.07. The van der Waals surface area contributed by atoms with E-state index in [0.29, 0.717) is 0 Å². The first-order chi connectivity index (χ1) is 6.57. The minimum atomic E-state index is -1.21. The molecule has 1 N–H and O–H groups in total. The number of hydrogen-bond donors (Lipinski definition) is 1. The number of halogens is 4. The second kappa shape index (κ2) is 4.77. The van der Waals surface area contributed by atoms with E-state index in [1.807, 2.05) is 0 Å². The minimum absolute atomic E-state index is 0.121. The fourth-order valence-electron chi connectivity index (χ4n) is 0.922. The highest BCUT2D eigenvalue weighted by Crippen LogP contribution is 2.24. The van der Waals surface area contributed by atoms with E-state index >= 15 is 0 Å². The monoisotopic (exact) mass is 269 g/mol. The van der Waals surface area contributed by atoms with Crippen molar-refractivity contribution in [3.8, 4) is 0 Å². The second-order valence-corrected chi connectivity index (χ2v) is 3.33. The molecule has 2 nitrogen and oxygen atoms in total. The number of benzene rings is 1. The fourth-order valence-corrected chi connectivity index (χ4v) is 1.36. The fraction of sp³-hybridized carbons (Fsp3) is 0.250. The molecule has 0 aliphatic rings. The zero-order valence-electron chi connectivity index (χ0n) is 7.20. The van der Waals surface area contributed by atoms with E-state index in [9.17, 15) is 13.2 Å². The maximum absolute atomic E-state index is 13.2. The molecule has 0 amide bonds. The normalized spacial score (nSPS) is 10.6. The third-order valence-corrected chi connectivity index (χ3v) is 2.17. The lowest BCUT2D eigenvalue weighted by molar-refractivity contribution is 0.0848. The number of nitrogens with one attached hydrogen (secondary N) is 1. The Morgan fingerprint density at radius 2 is 2.00 bits per heavy atom. The van der Waals surface area contributed by atoms with Crippen LogP contribution in [0.4, 0.5) is 13.2 Å². The summed E-state index contributed by atoms with van der Waals surface area (Å²) in [6.45, 7) is -0.246. The van der Waals surface area contributed by atoms with Gasteiger partial charge in [0.2, 0.25) is 0 Å². The van der Waals surface area contributed by atoms with Crippen LogP contribution in [0.25, 0.3) is 0 Å². The van der Waals surface area contributed by atoms with Crippen molar-refractivity contribution in [1.82, 2.24) is 5.48 Å². The molecule has 1 aromatic carbocycles. The number of rotatable bonds is 3. The van der Waals surface area contributed by atoms with Crippen molar-refractivity contribution in [3.05, 3.63) is 33.6 Å². The van der Waals surface area contributed by atoms with E-state index in [-0.39, 0.29) is 11.0 Å². The Kier molecular flexibility index (Phi) is 3.91. The van der Waals surface area contributed by atoms with Gasteiger partial charge in [-0.15, -0.1) is 0 Å². The summed E-state index contributed by atoms with van der Waals surface area (Å²) in [5.41, 5.74) is 1.83. The standard InChI is InChI=1S/C8H7BrF3NO/c1-14-13-3-4-7(11)5(9)2-6(10)8(4)12/h2,13H,3H2,1H3. The van der Waals surface area contributed by atoms with Crippen LogP contribution in [0.5, 0.6) is 0 Å². The van der Waals surface area contributed by atoms with Gasteiger partial charge in [0.1, 0.15) is 5.82 Å². The van der Waals surface area contributed by atoms with Crippen LogP contribution in [-0.2, 0) is 11.4 Å². The highest BCUT2D eigenvalue weighted by atomic mass is 79.9. The van der Waals surface area contributed by atoms with Gasteiger partial charge < -0.3 is 4.84 Å². The number of hydrogen-bond acceptors (Lipinski definition) is 2. The molecule has 0 spiro atoms. The summed E-state index contributed by atoms with van der Waals surface area (Å²) in [6, 6.07) is 0.737. The summed E-state index contributed by atoms with van der Waals surface area (Å²) in [5.74, 6) is -3.16. The molecule has 0 fully saturated rings. The summed E-state index contributed by atoms with van der Waals surface area (Å²) in [7, 11) is 1.30. The Labute approximate surface area is 87.1 Å². The second-order valence-electron chi connectivity index (χ2n) is 2.47. The summed E-state index contributed by atoms with van der Waals surface area (Å²) < 4.78 is 38.9. The van der Waals surface area contributed by atoms with Crippen molar-refractivity contribution >= 4 is 15.9 Å². The molecule has 0 bridgehead atoms. The van der Waals surface area contributed by atoms with Gasteiger partial charge in [-0.1, -0.05) is 0 Å². The molecule has 0 atom stereocenters. The molecule has 0 saturated heterocycles. The molecule has 0 unspecified atom stereocenters. The van der Waals surface area contributed by atoms with Gasteiger partial charge in [0.05, 0.1) is 18.1 Å². The van der Waals surface area contributed by atoms with E-state index in [1.54, 1.807) is 0 Å². The Morgan fingerprint density at radius 3 is 2.57 bits per heavy atom. The van der Waals surface area contributed by atoms with Gasteiger partial charge in [0, 0.05) is 5.56 Å². The van der Waals surface area contributed by atoms with Gasteiger partial charge in [0.15, 0.2) is 11.6 Å². The Hall–Kier alpha value is -0.590. The number of hydroxylamine groups is 1. The molecular weight excluding hydrogens is 263 g/mol. The van der Waals surface area contributed by atoms with Gasteiger partial charge in [-0.25, -0.2) is 13.2 Å². The van der Waals surface area contributed by atoms with Crippen molar-refractivity contribution in [3.63, 3.8) is 0 Å². The van der Waals surface area contributed by atoms with Crippen molar-refractivity contribution in [2.75, 3.05) is 7.11 Å². The summed E-state index contributed by atoms with van der Waals surface area (Å²) in [4.78, 5) is 4.41. The first-order valence-electron chi connectivity index (χ1n) is 3.65. The molecule has 0 aliphatic heterocycles. The average molecular weight is 270 g/mol. The molecule has 1 aromatic rings. The Balaban J connectivity index is 3.11. The highest BCUT2D eigenvalue weighted by molar-refractivity contribution is 9.10. The summed E-state index contributed by atoms with van der Waals surface area (Å²) in [5, 5.41) is 0. The van der Waals surface area contributed by atoms with Gasteiger partial charge in [-0.2, -0.15) is 5.48 Å². The summed E-state index contributed by atoms with van der Waals surface area (Å²) >= 11 is 2.77. The maximum Gasteiger partial charge on any atom is 0.166 e. The van der Waals surface area contributed by atoms with E-state index in [4.69, 9.17) is 0 Å². The van der Waals surface area contributed by atoms with Gasteiger partial charge in [-0.3, -0.25) is 0 Å². The van der Waals surface area contributed by atoms with Crippen molar-refractivity contribution in [2.24, 2.45) is 0 Å². The van der Waals surface area contributed by atoms with Crippen LogP contribution in [0.1, 0.15) is 5.56 Å². The lowest BCUT2D eigenvalue weighted by atomic mass is 10.2. The van der Waals surface area contributed by atoms with Crippen LogP contribution >= 0.6 is 15.9 Å². The van der Waals surface area contributed by atoms with Crippen LogP contribution in [0, 0.1) is 17.5 Å². The van der Waals surface area contributed by atoms with Crippen LogP contribution < -0.4 is 5.48 Å². The van der Waals surface area contributed by atoms with Crippen molar-refractivity contribution in [2.45, 2.75) is 6.54 Å².